The quantitative estimate of drug-likeness (QED) is 0.306. The Morgan fingerprint density at radius 1 is 0.800 bits per heavy atom. The van der Waals surface area contributed by atoms with Gasteiger partial charge < -0.3 is 15.4 Å². The normalized spacial score (nSPS) is 10.8. The molecule has 0 aliphatic heterocycles. The van der Waals surface area contributed by atoms with Gasteiger partial charge in [-0.2, -0.15) is 0 Å². The minimum absolute atomic E-state index is 0.823. The molecule has 2 aromatic carbocycles. The maximum Gasteiger partial charge on any atom is 0.151 e. The molecule has 0 spiro atoms. The molecule has 148 valence electrons. The highest BCUT2D eigenvalue weighted by atomic mass is 32.1. The van der Waals surface area contributed by atoms with Crippen molar-refractivity contribution < 1.29 is 4.74 Å². The summed E-state index contributed by atoms with van der Waals surface area (Å²) in [6.45, 7) is 0. The van der Waals surface area contributed by atoms with E-state index < -0.39 is 0 Å². The van der Waals surface area contributed by atoms with Gasteiger partial charge in [-0.25, -0.2) is 9.97 Å². The highest BCUT2D eigenvalue weighted by Crippen LogP contribution is 2.38. The van der Waals surface area contributed by atoms with Gasteiger partial charge >= 0.3 is 0 Å². The van der Waals surface area contributed by atoms with Crippen LogP contribution in [0.25, 0.3) is 20.0 Å². The summed E-state index contributed by atoms with van der Waals surface area (Å²) in [6, 6.07) is 22.3. The number of methoxy groups -OCH3 is 1. The van der Waals surface area contributed by atoms with Crippen LogP contribution >= 0.6 is 22.7 Å². The largest absolute Gasteiger partial charge is 0.497 e. The van der Waals surface area contributed by atoms with Gasteiger partial charge in [0, 0.05) is 26.8 Å². The van der Waals surface area contributed by atoms with E-state index >= 15 is 0 Å². The van der Waals surface area contributed by atoms with Crippen molar-refractivity contribution in [2.75, 3.05) is 17.7 Å². The summed E-state index contributed by atoms with van der Waals surface area (Å²) < 4.78 is 6.26. The minimum Gasteiger partial charge on any atom is -0.497 e. The first-order valence-corrected chi connectivity index (χ1v) is 11.0. The Bertz CT molecular complexity index is 1260. The van der Waals surface area contributed by atoms with E-state index in [1.54, 1.807) is 36.1 Å². The van der Waals surface area contributed by atoms with Gasteiger partial charge in [0.15, 0.2) is 5.82 Å². The second-order valence-corrected chi connectivity index (χ2v) is 8.58. The zero-order chi connectivity index (χ0) is 20.3. The van der Waals surface area contributed by atoms with Crippen molar-refractivity contribution in [1.82, 2.24) is 9.97 Å². The van der Waals surface area contributed by atoms with Crippen LogP contribution in [0.2, 0.25) is 0 Å². The maximum atomic E-state index is 5.20. The number of thiophene rings is 2. The molecule has 5 rings (SSSR count). The van der Waals surface area contributed by atoms with Crippen LogP contribution in [0.3, 0.4) is 0 Å². The molecule has 0 bridgehead atoms. The fourth-order valence-electron chi connectivity index (χ4n) is 3.10. The molecule has 0 unspecified atom stereocenters. The van der Waals surface area contributed by atoms with Gasteiger partial charge in [-0.15, -0.1) is 22.7 Å². The van der Waals surface area contributed by atoms with Gasteiger partial charge in [0.05, 0.1) is 17.3 Å². The highest BCUT2D eigenvalue weighted by Gasteiger charge is 2.11. The number of anilines is 4. The number of nitrogens with zero attached hydrogens (tertiary/aromatic N) is 2. The number of aromatic nitrogens is 2. The second kappa shape index (κ2) is 8.14. The first-order chi connectivity index (χ1) is 14.8. The Balaban J connectivity index is 1.35. The number of ether oxygens (including phenoxy) is 1. The van der Waals surface area contributed by atoms with E-state index in [1.165, 1.54) is 9.75 Å². The van der Waals surface area contributed by atoms with Crippen molar-refractivity contribution in [3.05, 3.63) is 78.4 Å². The summed E-state index contributed by atoms with van der Waals surface area (Å²) in [5.74, 6) is 1.66. The molecule has 0 fully saturated rings. The van der Waals surface area contributed by atoms with Gasteiger partial charge in [0.1, 0.15) is 12.1 Å². The molecule has 30 heavy (non-hydrogen) atoms. The zero-order valence-electron chi connectivity index (χ0n) is 16.1. The van der Waals surface area contributed by atoms with Crippen LogP contribution in [-0.4, -0.2) is 17.1 Å². The predicted octanol–water partition coefficient (Wildman–Crippen LogP) is 6.92. The van der Waals surface area contributed by atoms with Crippen LogP contribution < -0.4 is 15.4 Å². The fourth-order valence-corrected chi connectivity index (χ4v) is 4.98. The lowest BCUT2D eigenvalue weighted by molar-refractivity contribution is 0.415. The first-order valence-electron chi connectivity index (χ1n) is 9.35. The molecule has 5 aromatic rings. The number of hydrogen-bond donors (Lipinski definition) is 2. The molecule has 3 heterocycles. The number of hydrogen-bond acceptors (Lipinski definition) is 7. The lowest BCUT2D eigenvalue weighted by Gasteiger charge is -2.10. The van der Waals surface area contributed by atoms with Gasteiger partial charge in [0.25, 0.3) is 0 Å². The van der Waals surface area contributed by atoms with Gasteiger partial charge in [-0.05, 0) is 66.0 Å². The van der Waals surface area contributed by atoms with E-state index in [-0.39, 0.29) is 0 Å². The topological polar surface area (TPSA) is 59.1 Å². The standard InChI is InChI=1S/C23H18N4OS2/c1-28-18-10-8-16(9-11-18)26-15-4-6-17(7-5-15)27-23-22-19(24-14-25-23)13-21(30-22)20-3-2-12-29-20/h2-14,26H,1H3,(H,24,25,27). The molecule has 2 N–H and O–H groups in total. The van der Waals surface area contributed by atoms with Gasteiger partial charge in [-0.1, -0.05) is 6.07 Å². The van der Waals surface area contributed by atoms with E-state index in [0.29, 0.717) is 0 Å². The van der Waals surface area contributed by atoms with E-state index in [2.05, 4.69) is 44.2 Å². The van der Waals surface area contributed by atoms with Crippen LogP contribution in [0.5, 0.6) is 5.75 Å². The molecule has 0 radical (unpaired) electrons. The van der Waals surface area contributed by atoms with Crippen molar-refractivity contribution in [3.8, 4) is 15.5 Å². The molecule has 0 saturated carbocycles. The van der Waals surface area contributed by atoms with Crippen LogP contribution in [-0.2, 0) is 0 Å². The molecule has 7 heteroatoms. The average molecular weight is 431 g/mol. The molecular weight excluding hydrogens is 412 g/mol. The Morgan fingerprint density at radius 2 is 1.50 bits per heavy atom. The molecule has 5 nitrogen and oxygen atoms in total. The summed E-state index contributed by atoms with van der Waals surface area (Å²) in [5.41, 5.74) is 3.95. The Kier molecular flexibility index (Phi) is 5.04. The summed E-state index contributed by atoms with van der Waals surface area (Å²) in [6.07, 6.45) is 1.61. The molecule has 0 saturated heterocycles. The Morgan fingerprint density at radius 3 is 2.17 bits per heavy atom. The summed E-state index contributed by atoms with van der Waals surface area (Å²) in [4.78, 5) is 11.4. The second-order valence-electron chi connectivity index (χ2n) is 6.58. The third-order valence-electron chi connectivity index (χ3n) is 4.60. The first kappa shape index (κ1) is 18.6. The van der Waals surface area contributed by atoms with Gasteiger partial charge in [0.2, 0.25) is 0 Å². The molecule has 0 amide bonds. The molecule has 0 atom stereocenters. The van der Waals surface area contributed by atoms with Crippen molar-refractivity contribution in [1.29, 1.82) is 0 Å². The lowest BCUT2D eigenvalue weighted by Crippen LogP contribution is -1.95. The number of nitrogens with one attached hydrogen (secondary N) is 2. The van der Waals surface area contributed by atoms with Crippen LogP contribution in [0, 0.1) is 0 Å². The average Bonchev–Trinajstić information content (AvgIpc) is 3.46. The summed E-state index contributed by atoms with van der Waals surface area (Å²) in [5, 5.41) is 8.91. The van der Waals surface area contributed by atoms with Crippen LogP contribution in [0.4, 0.5) is 22.9 Å². The van der Waals surface area contributed by atoms with Crippen LogP contribution in [0.15, 0.2) is 78.4 Å². The van der Waals surface area contributed by atoms with Crippen LogP contribution in [0.1, 0.15) is 0 Å². The molecular formula is C23H18N4OS2. The predicted molar refractivity (Wildman–Crippen MR) is 127 cm³/mol. The fraction of sp³-hybridized carbons (Fsp3) is 0.0435. The molecule has 3 aromatic heterocycles. The summed E-state index contributed by atoms with van der Waals surface area (Å²) in [7, 11) is 1.67. The molecule has 0 aliphatic rings. The van der Waals surface area contributed by atoms with E-state index in [9.17, 15) is 0 Å². The van der Waals surface area contributed by atoms with Crippen molar-refractivity contribution in [2.24, 2.45) is 0 Å². The Labute approximate surface area is 182 Å². The minimum atomic E-state index is 0.823. The number of fused-ring (bicyclic) bond motifs is 1. The summed E-state index contributed by atoms with van der Waals surface area (Å²) >= 11 is 3.44. The highest BCUT2D eigenvalue weighted by molar-refractivity contribution is 7.26. The van der Waals surface area contributed by atoms with Crippen molar-refractivity contribution >= 4 is 55.8 Å². The zero-order valence-corrected chi connectivity index (χ0v) is 17.8. The van der Waals surface area contributed by atoms with E-state index in [0.717, 1.165) is 38.8 Å². The van der Waals surface area contributed by atoms with Crippen molar-refractivity contribution in [2.45, 2.75) is 0 Å². The molecule has 0 aliphatic carbocycles. The number of rotatable bonds is 6. The smallest absolute Gasteiger partial charge is 0.151 e. The third-order valence-corrected chi connectivity index (χ3v) is 6.80. The Hall–Kier alpha value is -3.42. The number of benzene rings is 2. The van der Waals surface area contributed by atoms with Crippen molar-refractivity contribution in [3.63, 3.8) is 0 Å². The van der Waals surface area contributed by atoms with E-state index in [1.807, 2.05) is 48.5 Å². The van der Waals surface area contributed by atoms with Gasteiger partial charge in [-0.3, -0.25) is 0 Å². The third kappa shape index (κ3) is 3.85. The lowest BCUT2D eigenvalue weighted by atomic mass is 10.2. The SMILES string of the molecule is COc1ccc(Nc2ccc(Nc3ncnc4cc(-c5cccs5)sc34)cc2)cc1. The van der Waals surface area contributed by atoms with E-state index in [4.69, 9.17) is 4.74 Å². The monoisotopic (exact) mass is 430 g/mol. The maximum absolute atomic E-state index is 5.20.